The van der Waals surface area contributed by atoms with Crippen molar-refractivity contribution in [1.82, 2.24) is 0 Å². The number of rotatable bonds is 18. The summed E-state index contributed by atoms with van der Waals surface area (Å²) in [5.41, 5.74) is 9.13. The lowest BCUT2D eigenvalue weighted by atomic mass is 11.0. The van der Waals surface area contributed by atoms with Crippen molar-refractivity contribution >= 4 is 68.5 Å². The molecule has 0 radical (unpaired) electrons. The van der Waals surface area contributed by atoms with Gasteiger partial charge in [0.15, 0.2) is 17.4 Å². The van der Waals surface area contributed by atoms with Gasteiger partial charge in [0.25, 0.3) is 0 Å². The van der Waals surface area contributed by atoms with Crippen molar-refractivity contribution in [2.75, 3.05) is 21.3 Å². The van der Waals surface area contributed by atoms with Crippen LogP contribution in [-0.2, 0) is 13.3 Å². The summed E-state index contributed by atoms with van der Waals surface area (Å²) in [5.74, 6) is 0. The lowest BCUT2D eigenvalue weighted by Gasteiger charge is -2.37. The van der Waals surface area contributed by atoms with Gasteiger partial charge in [0, 0.05) is 69.5 Å². The lowest BCUT2D eigenvalue weighted by molar-refractivity contribution is 0.249. The quantitative estimate of drug-likeness (QED) is 0.223. The van der Waals surface area contributed by atoms with E-state index in [9.17, 15) is 4.80 Å². The summed E-state index contributed by atoms with van der Waals surface area (Å²) in [6, 6.07) is 1.29. The molecule has 0 aliphatic heterocycles. The molecule has 0 bridgehead atoms. The van der Waals surface area contributed by atoms with Crippen LogP contribution in [0.25, 0.3) is 0 Å². The van der Waals surface area contributed by atoms with Crippen molar-refractivity contribution in [2.24, 2.45) is 0 Å². The highest BCUT2D eigenvalue weighted by atomic mass is 28.4. The molecule has 0 aromatic heterocycles. The van der Waals surface area contributed by atoms with E-state index in [1.807, 2.05) is 21.3 Å². The van der Waals surface area contributed by atoms with Gasteiger partial charge in [-0.25, -0.2) is 0 Å². The molecular formula is C21H60O4Si8. The molecule has 0 saturated carbocycles. The molecule has 2 atom stereocenters. The lowest BCUT2D eigenvalue weighted by Crippen LogP contribution is -2.51. The third-order valence-corrected chi connectivity index (χ3v) is 54.1. The van der Waals surface area contributed by atoms with Crippen LogP contribution in [-0.4, -0.2) is 94.6 Å². The fourth-order valence-corrected chi connectivity index (χ4v) is 64.4. The molecule has 0 fully saturated rings. The first-order valence-electron chi connectivity index (χ1n) is 13.2. The predicted molar refractivity (Wildman–Crippen MR) is 172 cm³/mol. The normalized spacial score (nSPS) is 17.2. The van der Waals surface area contributed by atoms with E-state index in [1.165, 1.54) is 40.0 Å². The van der Waals surface area contributed by atoms with Crippen LogP contribution < -0.4 is 0 Å². The van der Waals surface area contributed by atoms with Crippen molar-refractivity contribution in [3.8, 4) is 0 Å². The Balaban J connectivity index is 4.97. The fraction of sp³-hybridized carbons (Fsp3) is 1.00. The van der Waals surface area contributed by atoms with Crippen LogP contribution in [0.3, 0.4) is 0 Å². The van der Waals surface area contributed by atoms with E-state index in [4.69, 9.17) is 13.3 Å². The van der Waals surface area contributed by atoms with Crippen LogP contribution in [0.1, 0.15) is 6.92 Å². The highest BCUT2D eigenvalue weighted by molar-refractivity contribution is 7.04. The maximum atomic E-state index is 11.2. The minimum atomic E-state index is -2.14. The second-order valence-electron chi connectivity index (χ2n) is 13.7. The van der Waals surface area contributed by atoms with E-state index in [0.717, 1.165) is 5.67 Å². The Kier molecular flexibility index (Phi) is 15.2. The molecule has 33 heavy (non-hydrogen) atoms. The van der Waals surface area contributed by atoms with Gasteiger partial charge in [-0.15, -0.1) is 0 Å². The highest BCUT2D eigenvalue weighted by Gasteiger charge is 2.44. The standard InChI is InChI=1S/C21H60O4Si8/c1-14-29(7,8)21-33(24-3,25-4)18-28(23-2)15-26-16-30(9,10)19-31(11,12)20-32(13,22)17-27(5)6/h22,27-28H,14-21,26H2,1-13H3. The first-order chi connectivity index (χ1) is 14.9. The summed E-state index contributed by atoms with van der Waals surface area (Å²) in [4.78, 5) is 11.2. The second-order valence-corrected chi connectivity index (χ2v) is 50.1. The highest BCUT2D eigenvalue weighted by Crippen LogP contribution is 2.32. The molecule has 0 aromatic rings. The van der Waals surface area contributed by atoms with Gasteiger partial charge in [-0.2, -0.15) is 0 Å². The van der Waals surface area contributed by atoms with Gasteiger partial charge in [0.1, 0.15) is 0 Å². The molecule has 0 saturated heterocycles. The molecule has 0 aromatic carbocycles. The maximum absolute atomic E-state index is 11.2. The maximum Gasteiger partial charge on any atom is 0.334 e. The van der Waals surface area contributed by atoms with Crippen molar-refractivity contribution in [3.05, 3.63) is 0 Å². The van der Waals surface area contributed by atoms with E-state index in [1.54, 1.807) is 0 Å². The van der Waals surface area contributed by atoms with Gasteiger partial charge in [0.2, 0.25) is 0 Å². The molecule has 0 heterocycles. The monoisotopic (exact) mass is 600 g/mol. The summed E-state index contributed by atoms with van der Waals surface area (Å²) in [7, 11) is -4.29. The van der Waals surface area contributed by atoms with E-state index < -0.39 is 58.9 Å². The number of hydrogen-bond donors (Lipinski definition) is 1. The van der Waals surface area contributed by atoms with Crippen LogP contribution in [0.4, 0.5) is 0 Å². The van der Waals surface area contributed by atoms with E-state index in [2.05, 4.69) is 65.8 Å². The Hall–Kier alpha value is 1.58. The Morgan fingerprint density at radius 1 is 0.758 bits per heavy atom. The zero-order chi connectivity index (χ0) is 26.1. The van der Waals surface area contributed by atoms with Crippen molar-refractivity contribution in [3.63, 3.8) is 0 Å². The molecule has 12 heteroatoms. The zero-order valence-electron chi connectivity index (χ0n) is 24.7. The molecule has 0 amide bonds. The molecule has 200 valence electrons. The van der Waals surface area contributed by atoms with Crippen LogP contribution in [0.2, 0.25) is 105 Å². The van der Waals surface area contributed by atoms with Gasteiger partial charge in [-0.05, 0) is 29.2 Å². The molecule has 0 rings (SSSR count). The smallest absolute Gasteiger partial charge is 0.334 e. The van der Waals surface area contributed by atoms with E-state index >= 15 is 0 Å². The summed E-state index contributed by atoms with van der Waals surface area (Å²) >= 11 is 0. The van der Waals surface area contributed by atoms with Crippen molar-refractivity contribution < 1.29 is 18.1 Å². The largest absolute Gasteiger partial charge is 0.433 e. The van der Waals surface area contributed by atoms with Gasteiger partial charge in [0.05, 0.1) is 0 Å². The minimum absolute atomic E-state index is 0.113. The fourth-order valence-electron chi connectivity index (χ4n) is 6.21. The average Bonchev–Trinajstić information content (AvgIpc) is 2.63. The summed E-state index contributed by atoms with van der Waals surface area (Å²) in [6.07, 6.45) is 0. The molecule has 1 N–H and O–H groups in total. The van der Waals surface area contributed by atoms with Crippen LogP contribution in [0.15, 0.2) is 0 Å². The minimum Gasteiger partial charge on any atom is -0.433 e. The summed E-state index contributed by atoms with van der Waals surface area (Å²) < 4.78 is 18.5. The Morgan fingerprint density at radius 3 is 1.73 bits per heavy atom. The van der Waals surface area contributed by atoms with Crippen molar-refractivity contribution in [1.29, 1.82) is 0 Å². The summed E-state index contributed by atoms with van der Waals surface area (Å²) in [5, 5.41) is 0. The predicted octanol–water partition coefficient (Wildman–Crippen LogP) is 5.07. The van der Waals surface area contributed by atoms with Crippen molar-refractivity contribution in [2.45, 2.75) is 112 Å². The third-order valence-electron chi connectivity index (χ3n) is 7.37. The Morgan fingerprint density at radius 2 is 1.30 bits per heavy atom. The second kappa shape index (κ2) is 14.5. The van der Waals surface area contributed by atoms with Gasteiger partial charge in [-0.1, -0.05) is 76.7 Å². The zero-order valence-corrected chi connectivity index (χ0v) is 33.4. The van der Waals surface area contributed by atoms with E-state index in [-0.39, 0.29) is 9.52 Å². The Labute approximate surface area is 218 Å². The molecule has 4 nitrogen and oxygen atoms in total. The average molecular weight is 601 g/mol. The third kappa shape index (κ3) is 14.8. The Bertz CT molecular complexity index is 554. The number of hydrogen-bond acceptors (Lipinski definition) is 4. The topological polar surface area (TPSA) is 47.9 Å². The first kappa shape index (κ1) is 34.6. The van der Waals surface area contributed by atoms with Gasteiger partial charge < -0.3 is 18.1 Å². The molecule has 0 spiro atoms. The van der Waals surface area contributed by atoms with Gasteiger partial charge >= 0.3 is 8.56 Å². The van der Waals surface area contributed by atoms with E-state index in [0.29, 0.717) is 0 Å². The molecule has 2 unspecified atom stereocenters. The first-order valence-corrected chi connectivity index (χ1v) is 35.8. The van der Waals surface area contributed by atoms with Crippen LogP contribution in [0.5, 0.6) is 0 Å². The molecular weight excluding hydrogens is 541 g/mol. The molecule has 0 aliphatic rings. The van der Waals surface area contributed by atoms with Crippen LogP contribution in [0, 0.1) is 0 Å². The van der Waals surface area contributed by atoms with Crippen LogP contribution >= 0.6 is 0 Å². The summed E-state index contributed by atoms with van der Waals surface area (Å²) in [6.45, 7) is 24.7. The molecule has 0 aliphatic carbocycles. The van der Waals surface area contributed by atoms with Gasteiger partial charge in [-0.3, -0.25) is 0 Å². The SMILES string of the molecule is CC[Si](C)(C)C[Si](C[SiH](C[SiH2]C[Si](C)(C)C[Si](C)(C)C[Si](C)(O)C[SiH](C)C)OC)(OC)OC.